The molecule has 19 heavy (non-hydrogen) atoms. The van der Waals surface area contributed by atoms with E-state index in [-0.39, 0.29) is 10.7 Å². The molecule has 2 nitrogen and oxygen atoms in total. The Morgan fingerprint density at radius 3 is 2.79 bits per heavy atom. The average molecular weight is 377 g/mol. The third-order valence-electron chi connectivity index (χ3n) is 2.96. The third-order valence-corrected chi connectivity index (χ3v) is 5.88. The maximum Gasteiger partial charge on any atom is 0.228 e. The van der Waals surface area contributed by atoms with Gasteiger partial charge < -0.3 is 5.32 Å². The molecule has 3 rings (SSSR count). The van der Waals surface area contributed by atoms with E-state index in [1.807, 2.05) is 18.2 Å². The Morgan fingerprint density at radius 2 is 2.11 bits per heavy atom. The number of rotatable bonds is 2. The smallest absolute Gasteiger partial charge is 0.228 e. The second kappa shape index (κ2) is 5.09. The van der Waals surface area contributed by atoms with E-state index in [1.165, 1.54) is 11.3 Å². The van der Waals surface area contributed by atoms with Crippen molar-refractivity contribution < 1.29 is 4.79 Å². The average Bonchev–Trinajstić information content (AvgIpc) is 2.92. The fourth-order valence-electron chi connectivity index (χ4n) is 2.08. The Bertz CT molecular complexity index is 671. The summed E-state index contributed by atoms with van der Waals surface area (Å²) in [4.78, 5) is 12.5. The Kier molecular flexibility index (Phi) is 3.60. The summed E-state index contributed by atoms with van der Waals surface area (Å²) in [5, 5.41) is 3.42. The number of thiophene rings is 1. The largest absolute Gasteiger partial charge is 0.325 e. The van der Waals surface area contributed by atoms with Crippen molar-refractivity contribution >= 4 is 62.1 Å². The topological polar surface area (TPSA) is 29.1 Å². The lowest BCUT2D eigenvalue weighted by molar-refractivity contribution is -0.115. The predicted octanol–water partition coefficient (Wildman–Crippen LogP) is 5.03. The van der Waals surface area contributed by atoms with Crippen LogP contribution in [-0.2, 0) is 11.2 Å². The third kappa shape index (κ3) is 2.55. The highest BCUT2D eigenvalue weighted by molar-refractivity contribution is 9.09. The molecule has 1 aromatic carbocycles. The molecule has 2 heterocycles. The van der Waals surface area contributed by atoms with E-state index in [2.05, 4.69) is 21.2 Å². The van der Waals surface area contributed by atoms with Gasteiger partial charge in [-0.3, -0.25) is 4.79 Å². The molecule has 0 spiro atoms. The number of hydrogen-bond donors (Lipinski definition) is 1. The first-order valence-electron chi connectivity index (χ1n) is 5.56. The van der Waals surface area contributed by atoms with Crippen molar-refractivity contribution in [3.63, 3.8) is 0 Å². The van der Waals surface area contributed by atoms with E-state index in [4.69, 9.17) is 23.2 Å². The lowest BCUT2D eigenvalue weighted by Gasteiger charge is -2.12. The molecule has 0 bridgehead atoms. The lowest BCUT2D eigenvalue weighted by atomic mass is 10.1. The molecule has 0 aliphatic carbocycles. The molecule has 98 valence electrons. The van der Waals surface area contributed by atoms with Crippen LogP contribution in [0.3, 0.4) is 0 Å². The van der Waals surface area contributed by atoms with Gasteiger partial charge in [0.15, 0.2) is 0 Å². The van der Waals surface area contributed by atoms with E-state index in [9.17, 15) is 4.79 Å². The van der Waals surface area contributed by atoms with Crippen LogP contribution >= 0.6 is 50.5 Å². The number of alkyl halides is 1. The zero-order valence-corrected chi connectivity index (χ0v) is 13.5. The van der Waals surface area contributed by atoms with Crippen LogP contribution in [0.2, 0.25) is 9.36 Å². The summed E-state index contributed by atoms with van der Waals surface area (Å²) in [6.45, 7) is 0. The fourth-order valence-corrected chi connectivity index (χ4v) is 4.35. The Labute approximate surface area is 132 Å². The van der Waals surface area contributed by atoms with Gasteiger partial charge in [0, 0.05) is 15.6 Å². The molecule has 1 atom stereocenters. The molecule has 1 aliphatic heterocycles. The standard InChI is InChI=1S/C13H8BrCl2NOS/c14-13(10-1-2-11(16)19-10)7-3-6-4-12(18)17-9(6)5-8(7)15/h1-3,5,13H,4H2,(H,17,18). The van der Waals surface area contributed by atoms with Crippen LogP contribution in [-0.4, -0.2) is 5.91 Å². The summed E-state index contributed by atoms with van der Waals surface area (Å²) < 4.78 is 0.744. The monoisotopic (exact) mass is 375 g/mol. The fraction of sp³-hybridized carbons (Fsp3) is 0.154. The molecule has 0 radical (unpaired) electrons. The van der Waals surface area contributed by atoms with Crippen LogP contribution in [0.5, 0.6) is 0 Å². The molecule has 2 aromatic rings. The minimum absolute atomic E-state index is 0.00788. The first kappa shape index (κ1) is 13.4. The van der Waals surface area contributed by atoms with Gasteiger partial charge in [0.05, 0.1) is 15.6 Å². The van der Waals surface area contributed by atoms with Gasteiger partial charge in [-0.15, -0.1) is 11.3 Å². The molecule has 0 saturated carbocycles. The summed E-state index contributed by atoms with van der Waals surface area (Å²) in [5.41, 5.74) is 2.74. The Hall–Kier alpha value is -0.550. The summed E-state index contributed by atoms with van der Waals surface area (Å²) in [7, 11) is 0. The highest BCUT2D eigenvalue weighted by Gasteiger charge is 2.23. The number of hydrogen-bond acceptors (Lipinski definition) is 2. The summed E-state index contributed by atoms with van der Waals surface area (Å²) >= 11 is 17.4. The van der Waals surface area contributed by atoms with E-state index in [1.54, 1.807) is 6.07 Å². The van der Waals surface area contributed by atoms with Crippen molar-refractivity contribution in [3.8, 4) is 0 Å². The second-order valence-electron chi connectivity index (χ2n) is 4.26. The van der Waals surface area contributed by atoms with Crippen molar-refractivity contribution in [2.75, 3.05) is 5.32 Å². The maximum absolute atomic E-state index is 11.4. The molecule has 0 fully saturated rings. The molecule has 6 heteroatoms. The van der Waals surface area contributed by atoms with E-state index in [0.29, 0.717) is 11.4 Å². The van der Waals surface area contributed by atoms with Gasteiger partial charge in [-0.1, -0.05) is 45.2 Å². The zero-order valence-electron chi connectivity index (χ0n) is 9.54. The van der Waals surface area contributed by atoms with E-state index in [0.717, 1.165) is 26.0 Å². The van der Waals surface area contributed by atoms with Gasteiger partial charge in [-0.05, 0) is 29.3 Å². The lowest BCUT2D eigenvalue weighted by Crippen LogP contribution is -2.03. The quantitative estimate of drug-likeness (QED) is 0.731. The number of fused-ring (bicyclic) bond motifs is 1. The number of halogens is 3. The second-order valence-corrected chi connectivity index (χ2v) is 7.33. The van der Waals surface area contributed by atoms with Crippen LogP contribution in [0.15, 0.2) is 24.3 Å². The molecule has 1 unspecified atom stereocenters. The minimum Gasteiger partial charge on any atom is -0.325 e. The van der Waals surface area contributed by atoms with Crippen LogP contribution in [0.25, 0.3) is 0 Å². The van der Waals surface area contributed by atoms with Crippen molar-refractivity contribution in [1.29, 1.82) is 0 Å². The van der Waals surface area contributed by atoms with Gasteiger partial charge >= 0.3 is 0 Å². The van der Waals surface area contributed by atoms with Crippen LogP contribution < -0.4 is 5.32 Å². The van der Waals surface area contributed by atoms with Crippen LogP contribution in [0.4, 0.5) is 5.69 Å². The predicted molar refractivity (Wildman–Crippen MR) is 83.9 cm³/mol. The highest BCUT2D eigenvalue weighted by atomic mass is 79.9. The molecule has 1 N–H and O–H groups in total. The van der Waals surface area contributed by atoms with Gasteiger partial charge in [0.25, 0.3) is 0 Å². The van der Waals surface area contributed by atoms with Crippen molar-refractivity contribution in [1.82, 2.24) is 0 Å². The SMILES string of the molecule is O=C1Cc2cc(C(Br)c3ccc(Cl)s3)c(Cl)cc2N1. The number of carbonyl (C=O) groups excluding carboxylic acids is 1. The highest BCUT2D eigenvalue weighted by Crippen LogP contribution is 2.42. The van der Waals surface area contributed by atoms with Crippen LogP contribution in [0.1, 0.15) is 20.8 Å². The van der Waals surface area contributed by atoms with E-state index >= 15 is 0 Å². The van der Waals surface area contributed by atoms with Gasteiger partial charge in [-0.25, -0.2) is 0 Å². The summed E-state index contributed by atoms with van der Waals surface area (Å²) in [5.74, 6) is 0.00788. The van der Waals surface area contributed by atoms with Crippen LogP contribution in [0, 0.1) is 0 Å². The zero-order chi connectivity index (χ0) is 13.6. The van der Waals surface area contributed by atoms with Gasteiger partial charge in [-0.2, -0.15) is 0 Å². The molecular formula is C13H8BrCl2NOS. The normalized spacial score (nSPS) is 15.2. The minimum atomic E-state index is -0.0153. The van der Waals surface area contributed by atoms with Crippen molar-refractivity contribution in [3.05, 3.63) is 49.6 Å². The molecule has 1 aliphatic rings. The number of benzene rings is 1. The maximum atomic E-state index is 11.4. The van der Waals surface area contributed by atoms with Crippen molar-refractivity contribution in [2.24, 2.45) is 0 Å². The number of amides is 1. The Balaban J connectivity index is 2.02. The number of anilines is 1. The first-order valence-corrected chi connectivity index (χ1v) is 8.05. The molecule has 1 aromatic heterocycles. The van der Waals surface area contributed by atoms with Crippen molar-refractivity contribution in [2.45, 2.75) is 11.2 Å². The molecular weight excluding hydrogens is 369 g/mol. The van der Waals surface area contributed by atoms with Gasteiger partial charge in [0.2, 0.25) is 5.91 Å². The summed E-state index contributed by atoms with van der Waals surface area (Å²) in [6, 6.07) is 7.62. The van der Waals surface area contributed by atoms with E-state index < -0.39 is 0 Å². The first-order chi connectivity index (χ1) is 9.04. The van der Waals surface area contributed by atoms with Gasteiger partial charge in [0.1, 0.15) is 0 Å². The number of carbonyl (C=O) groups is 1. The summed E-state index contributed by atoms with van der Waals surface area (Å²) in [6.07, 6.45) is 0.407. The molecule has 1 amide bonds. The Morgan fingerprint density at radius 1 is 1.32 bits per heavy atom. The number of nitrogens with one attached hydrogen (secondary N) is 1. The molecule has 0 saturated heterocycles.